The summed E-state index contributed by atoms with van der Waals surface area (Å²) in [7, 11) is 0. The summed E-state index contributed by atoms with van der Waals surface area (Å²) in [5, 5.41) is 50.7. The van der Waals surface area contributed by atoms with Gasteiger partial charge in [0.05, 0.1) is 24.7 Å². The number of nitrogens with zero attached hydrogens (tertiary/aromatic N) is 1. The van der Waals surface area contributed by atoms with Crippen LogP contribution in [0.25, 0.3) is 0 Å². The van der Waals surface area contributed by atoms with Gasteiger partial charge in [-0.15, -0.1) is 0 Å². The second-order valence-electron chi connectivity index (χ2n) is 10.3. The molecule has 212 valence electrons. The van der Waals surface area contributed by atoms with Crippen molar-refractivity contribution in [1.82, 2.24) is 0 Å². The molecule has 0 spiro atoms. The van der Waals surface area contributed by atoms with Gasteiger partial charge in [-0.05, 0) is 65.9 Å². The van der Waals surface area contributed by atoms with E-state index < -0.39 is 66.8 Å². The Morgan fingerprint density at radius 3 is 1.98 bits per heavy atom. The van der Waals surface area contributed by atoms with Gasteiger partial charge in [0.1, 0.15) is 42.2 Å². The van der Waals surface area contributed by atoms with Crippen LogP contribution in [0, 0.1) is 17.6 Å². The summed E-state index contributed by atoms with van der Waals surface area (Å²) < 4.78 is 32.6. The lowest BCUT2D eigenvalue weighted by Gasteiger charge is -2.48. The zero-order valence-electron chi connectivity index (χ0n) is 21.4. The Hall–Kier alpha value is -3.25. The van der Waals surface area contributed by atoms with Crippen LogP contribution in [0.2, 0.25) is 0 Å². The normalized spacial score (nSPS) is 29.2. The van der Waals surface area contributed by atoms with Gasteiger partial charge in [-0.1, -0.05) is 36.4 Å². The Morgan fingerprint density at radius 2 is 1.38 bits per heavy atom. The monoisotopic (exact) mass is 555 g/mol. The van der Waals surface area contributed by atoms with Gasteiger partial charge >= 0.3 is 0 Å². The molecule has 0 aliphatic carbocycles. The first kappa shape index (κ1) is 28.3. The number of hydrogen-bond donors (Lipinski definition) is 5. The van der Waals surface area contributed by atoms with E-state index in [4.69, 9.17) is 4.74 Å². The maximum absolute atomic E-state index is 13.6. The van der Waals surface area contributed by atoms with Gasteiger partial charge in [-0.3, -0.25) is 4.79 Å². The molecule has 2 heterocycles. The molecule has 2 aliphatic heterocycles. The molecule has 2 fully saturated rings. The number of halogens is 2. The van der Waals surface area contributed by atoms with Crippen LogP contribution in [0.4, 0.5) is 14.5 Å². The van der Waals surface area contributed by atoms with Gasteiger partial charge in [0, 0.05) is 5.69 Å². The summed E-state index contributed by atoms with van der Waals surface area (Å²) in [5.41, 5.74) is 2.32. The Labute approximate surface area is 229 Å². The van der Waals surface area contributed by atoms with E-state index in [1.165, 1.54) is 36.4 Å². The largest absolute Gasteiger partial charge is 0.394 e. The van der Waals surface area contributed by atoms with E-state index >= 15 is 0 Å². The lowest BCUT2D eigenvalue weighted by molar-refractivity contribution is -0.231. The quantitative estimate of drug-likeness (QED) is 0.270. The van der Waals surface area contributed by atoms with Crippen molar-refractivity contribution in [2.45, 2.75) is 55.5 Å². The second-order valence-corrected chi connectivity index (χ2v) is 10.3. The highest BCUT2D eigenvalue weighted by Crippen LogP contribution is 2.46. The number of β-lactam (4-membered cyclic amide) rings is 1. The highest BCUT2D eigenvalue weighted by atomic mass is 19.1. The van der Waals surface area contributed by atoms with Crippen LogP contribution in [0.15, 0.2) is 72.8 Å². The predicted octanol–water partition coefficient (Wildman–Crippen LogP) is 2.70. The van der Waals surface area contributed by atoms with Crippen LogP contribution < -0.4 is 4.90 Å². The van der Waals surface area contributed by atoms with Crippen molar-refractivity contribution in [2.24, 2.45) is 5.92 Å². The number of aliphatic hydroxyl groups excluding tert-OH is 5. The van der Waals surface area contributed by atoms with Crippen LogP contribution in [0.3, 0.4) is 0 Å². The van der Waals surface area contributed by atoms with Gasteiger partial charge < -0.3 is 35.2 Å². The van der Waals surface area contributed by atoms with Gasteiger partial charge in [0.25, 0.3) is 0 Å². The van der Waals surface area contributed by atoms with Crippen LogP contribution in [-0.2, 0) is 9.53 Å². The van der Waals surface area contributed by atoms with Crippen molar-refractivity contribution in [3.05, 3.63) is 101 Å². The van der Waals surface area contributed by atoms with Crippen LogP contribution >= 0.6 is 0 Å². The van der Waals surface area contributed by atoms with E-state index in [9.17, 15) is 39.1 Å². The Balaban J connectivity index is 1.28. The molecule has 3 aromatic carbocycles. The fourth-order valence-electron chi connectivity index (χ4n) is 5.55. The number of aliphatic hydroxyl groups is 5. The van der Waals surface area contributed by atoms with Crippen molar-refractivity contribution in [1.29, 1.82) is 0 Å². The standard InChI is InChI=1S/C30H31F2NO7/c31-19-7-5-17(6-8-19)25-22(30(39)33(25)21-11-9-20(32)10-12-21)13-14-23(35)16-1-3-18(4-2-16)29-28(38)27(37)26(36)24(15-34)40-29/h1-12,22-29,34-38H,13-15H2/t22?,23-,24-,25?,26-,27+,28-,29+/m0/s1. The minimum absolute atomic E-state index is 0.175. The molecule has 40 heavy (non-hydrogen) atoms. The zero-order valence-corrected chi connectivity index (χ0v) is 21.4. The molecule has 0 saturated carbocycles. The summed E-state index contributed by atoms with van der Waals surface area (Å²) in [5.74, 6) is -1.47. The SMILES string of the molecule is O=C1C(CC[C@H](O)c2ccc([C@H]3O[C@@H](CO)[C@H](O)[C@@H](O)[C@@H]3O)cc2)C(c2ccc(F)cc2)N1c1ccc(F)cc1. The third-order valence-electron chi connectivity index (χ3n) is 7.82. The van der Waals surface area contributed by atoms with Crippen LogP contribution in [-0.4, -0.2) is 62.5 Å². The Kier molecular flexibility index (Phi) is 8.27. The van der Waals surface area contributed by atoms with E-state index in [1.807, 2.05) is 0 Å². The number of amides is 1. The maximum Gasteiger partial charge on any atom is 0.233 e. The van der Waals surface area contributed by atoms with Gasteiger partial charge in [-0.2, -0.15) is 0 Å². The summed E-state index contributed by atoms with van der Waals surface area (Å²) in [6.07, 6.45) is -6.69. The molecule has 8 atom stereocenters. The van der Waals surface area contributed by atoms with E-state index in [0.29, 0.717) is 23.2 Å². The zero-order chi connectivity index (χ0) is 28.6. The van der Waals surface area contributed by atoms with Crippen LogP contribution in [0.1, 0.15) is 47.8 Å². The average molecular weight is 556 g/mol. The fraction of sp³-hybridized carbons (Fsp3) is 0.367. The molecule has 10 heteroatoms. The third kappa shape index (κ3) is 5.38. The number of ether oxygens (including phenoxy) is 1. The Bertz CT molecular complexity index is 1300. The molecule has 0 radical (unpaired) electrons. The van der Waals surface area contributed by atoms with Crippen molar-refractivity contribution >= 4 is 11.6 Å². The lowest BCUT2D eigenvalue weighted by Crippen LogP contribution is -2.55. The number of anilines is 1. The first-order valence-electron chi connectivity index (χ1n) is 13.1. The summed E-state index contributed by atoms with van der Waals surface area (Å²) in [6, 6.07) is 17.6. The molecule has 0 bridgehead atoms. The molecular formula is C30H31F2NO7. The molecule has 8 nitrogen and oxygen atoms in total. The second kappa shape index (κ2) is 11.7. The van der Waals surface area contributed by atoms with Gasteiger partial charge in [0.15, 0.2) is 0 Å². The number of hydrogen-bond acceptors (Lipinski definition) is 7. The lowest BCUT2D eigenvalue weighted by atomic mass is 9.78. The van der Waals surface area contributed by atoms with Crippen molar-refractivity contribution in [3.63, 3.8) is 0 Å². The fourth-order valence-corrected chi connectivity index (χ4v) is 5.55. The molecule has 2 aliphatic rings. The number of rotatable bonds is 8. The molecular weight excluding hydrogens is 524 g/mol. The third-order valence-corrected chi connectivity index (χ3v) is 7.82. The first-order valence-corrected chi connectivity index (χ1v) is 13.1. The van der Waals surface area contributed by atoms with Crippen molar-refractivity contribution < 1.29 is 43.8 Å². The Morgan fingerprint density at radius 1 is 0.800 bits per heavy atom. The number of benzene rings is 3. The van der Waals surface area contributed by atoms with E-state index in [2.05, 4.69) is 0 Å². The van der Waals surface area contributed by atoms with Gasteiger partial charge in [0.2, 0.25) is 5.91 Å². The van der Waals surface area contributed by atoms with Crippen molar-refractivity contribution in [3.8, 4) is 0 Å². The smallest absolute Gasteiger partial charge is 0.233 e. The first-order chi connectivity index (χ1) is 19.2. The molecule has 2 saturated heterocycles. The van der Waals surface area contributed by atoms with Crippen molar-refractivity contribution in [2.75, 3.05) is 11.5 Å². The number of carbonyl (C=O) groups is 1. The predicted molar refractivity (Wildman–Crippen MR) is 140 cm³/mol. The molecule has 5 N–H and O–H groups in total. The number of carbonyl (C=O) groups excluding carboxylic acids is 1. The topological polar surface area (TPSA) is 131 Å². The van der Waals surface area contributed by atoms with Gasteiger partial charge in [-0.25, -0.2) is 8.78 Å². The molecule has 1 amide bonds. The highest BCUT2D eigenvalue weighted by molar-refractivity contribution is 6.03. The van der Waals surface area contributed by atoms with E-state index in [-0.39, 0.29) is 12.3 Å². The maximum atomic E-state index is 13.6. The minimum atomic E-state index is -1.50. The summed E-state index contributed by atoms with van der Waals surface area (Å²) in [6.45, 7) is -0.532. The summed E-state index contributed by atoms with van der Waals surface area (Å²) >= 11 is 0. The average Bonchev–Trinajstić information content (AvgIpc) is 2.96. The molecule has 5 rings (SSSR count). The molecule has 2 unspecified atom stereocenters. The highest BCUT2D eigenvalue weighted by Gasteiger charge is 2.48. The van der Waals surface area contributed by atoms with E-state index in [1.54, 1.807) is 41.3 Å². The molecule has 3 aromatic rings. The summed E-state index contributed by atoms with van der Waals surface area (Å²) in [4.78, 5) is 14.7. The van der Waals surface area contributed by atoms with E-state index in [0.717, 1.165) is 5.56 Å². The van der Waals surface area contributed by atoms with Crippen LogP contribution in [0.5, 0.6) is 0 Å². The minimum Gasteiger partial charge on any atom is -0.394 e. The molecule has 0 aromatic heterocycles.